The Bertz CT molecular complexity index is 411. The maximum Gasteiger partial charge on any atom is 0.488 e. The number of hydrogen-bond donors (Lipinski definition) is 2. The molecule has 0 aliphatic carbocycles. The minimum atomic E-state index is -4.33. The Kier molecular flexibility index (Phi) is 4.72. The molecule has 18 heavy (non-hydrogen) atoms. The zero-order chi connectivity index (χ0) is 13.9. The molecule has 1 aromatic rings. The monoisotopic (exact) mass is 265 g/mol. The predicted octanol–water partition coefficient (Wildman–Crippen LogP) is 0.500. The van der Waals surface area contributed by atoms with Crippen LogP contribution >= 0.6 is 0 Å². The fraction of sp³-hybridized carbons (Fsp3) is 0.400. The quantitative estimate of drug-likeness (QED) is 0.615. The van der Waals surface area contributed by atoms with Gasteiger partial charge < -0.3 is 10.0 Å². The van der Waals surface area contributed by atoms with Crippen LogP contribution < -0.4 is 5.46 Å². The molecular formula is C10H12BF4NO2. The second-order valence-corrected chi connectivity index (χ2v) is 4.05. The molecule has 0 unspecified atom stereocenters. The van der Waals surface area contributed by atoms with Crippen molar-refractivity contribution in [1.29, 1.82) is 0 Å². The van der Waals surface area contributed by atoms with E-state index in [0.29, 0.717) is 0 Å². The van der Waals surface area contributed by atoms with Gasteiger partial charge in [0.2, 0.25) is 0 Å². The molecule has 100 valence electrons. The van der Waals surface area contributed by atoms with Crippen LogP contribution in [0.2, 0.25) is 0 Å². The Morgan fingerprint density at radius 2 is 1.83 bits per heavy atom. The Labute approximate surface area is 102 Å². The van der Waals surface area contributed by atoms with E-state index in [1.165, 1.54) is 13.1 Å². The standard InChI is InChI=1S/C10H12BF4NO2/c1-16(6-10(13,14)15)5-7-2-8(11(17)18)4-9(12)3-7/h2-4,17-18H,5-6H2,1H3. The molecule has 0 saturated heterocycles. The van der Waals surface area contributed by atoms with E-state index in [9.17, 15) is 17.6 Å². The van der Waals surface area contributed by atoms with E-state index < -0.39 is 25.7 Å². The van der Waals surface area contributed by atoms with Crippen molar-refractivity contribution in [3.63, 3.8) is 0 Å². The van der Waals surface area contributed by atoms with Crippen LogP contribution in [-0.4, -0.2) is 41.8 Å². The van der Waals surface area contributed by atoms with Crippen molar-refractivity contribution in [2.24, 2.45) is 0 Å². The summed E-state index contributed by atoms with van der Waals surface area (Å²) in [6.45, 7) is -1.27. The molecule has 0 aliphatic heterocycles. The van der Waals surface area contributed by atoms with Gasteiger partial charge in [-0.25, -0.2) is 4.39 Å². The van der Waals surface area contributed by atoms with Gasteiger partial charge in [-0.2, -0.15) is 13.2 Å². The first-order valence-corrected chi connectivity index (χ1v) is 5.08. The molecule has 0 saturated carbocycles. The average molecular weight is 265 g/mol. The third-order valence-corrected chi connectivity index (χ3v) is 2.18. The van der Waals surface area contributed by atoms with E-state index in [1.807, 2.05) is 0 Å². The second-order valence-electron chi connectivity index (χ2n) is 4.05. The maximum absolute atomic E-state index is 13.1. The van der Waals surface area contributed by atoms with Gasteiger partial charge in [0.15, 0.2) is 0 Å². The zero-order valence-electron chi connectivity index (χ0n) is 9.58. The first-order chi connectivity index (χ1) is 8.17. The summed E-state index contributed by atoms with van der Waals surface area (Å²) in [7, 11) is -0.611. The number of alkyl halides is 3. The van der Waals surface area contributed by atoms with E-state index in [-0.39, 0.29) is 17.6 Å². The first kappa shape index (κ1) is 14.9. The molecule has 0 radical (unpaired) electrons. The van der Waals surface area contributed by atoms with Gasteiger partial charge in [-0.1, -0.05) is 6.07 Å². The van der Waals surface area contributed by atoms with Crippen molar-refractivity contribution >= 4 is 12.6 Å². The Hall–Kier alpha value is -1.12. The largest absolute Gasteiger partial charge is 0.488 e. The van der Waals surface area contributed by atoms with E-state index in [0.717, 1.165) is 17.0 Å². The van der Waals surface area contributed by atoms with Crippen LogP contribution in [0.1, 0.15) is 5.56 Å². The van der Waals surface area contributed by atoms with Gasteiger partial charge in [-0.3, -0.25) is 4.90 Å². The van der Waals surface area contributed by atoms with E-state index in [2.05, 4.69) is 0 Å². The lowest BCUT2D eigenvalue weighted by atomic mass is 9.79. The highest BCUT2D eigenvalue weighted by atomic mass is 19.4. The third kappa shape index (κ3) is 5.03. The van der Waals surface area contributed by atoms with Crippen molar-refractivity contribution < 1.29 is 27.6 Å². The average Bonchev–Trinajstić information content (AvgIpc) is 2.12. The molecule has 0 aliphatic rings. The zero-order valence-corrected chi connectivity index (χ0v) is 9.58. The molecule has 2 N–H and O–H groups in total. The van der Waals surface area contributed by atoms with Gasteiger partial charge >= 0.3 is 13.3 Å². The van der Waals surface area contributed by atoms with Gasteiger partial charge in [-0.15, -0.1) is 0 Å². The number of rotatable bonds is 4. The first-order valence-electron chi connectivity index (χ1n) is 5.08. The predicted molar refractivity (Wildman–Crippen MR) is 58.6 cm³/mol. The lowest BCUT2D eigenvalue weighted by Crippen LogP contribution is -2.33. The summed E-state index contributed by atoms with van der Waals surface area (Å²) in [4.78, 5) is 0.961. The summed E-state index contributed by atoms with van der Waals surface area (Å²) >= 11 is 0. The molecule has 0 spiro atoms. The summed E-state index contributed by atoms with van der Waals surface area (Å²) in [5, 5.41) is 17.8. The molecule has 0 fully saturated rings. The molecular weight excluding hydrogens is 253 g/mol. The minimum absolute atomic E-state index is 0.0922. The van der Waals surface area contributed by atoms with Gasteiger partial charge in [0, 0.05) is 6.54 Å². The Morgan fingerprint density at radius 3 is 2.33 bits per heavy atom. The maximum atomic E-state index is 13.1. The highest BCUT2D eigenvalue weighted by Crippen LogP contribution is 2.17. The van der Waals surface area contributed by atoms with Gasteiger partial charge in [0.1, 0.15) is 5.82 Å². The molecule has 1 rings (SSSR count). The van der Waals surface area contributed by atoms with Crippen molar-refractivity contribution in [1.82, 2.24) is 4.90 Å². The topological polar surface area (TPSA) is 43.7 Å². The normalized spacial score (nSPS) is 12.0. The summed E-state index contributed by atoms with van der Waals surface area (Å²) < 4.78 is 49.4. The van der Waals surface area contributed by atoms with Crippen molar-refractivity contribution in [3.8, 4) is 0 Å². The van der Waals surface area contributed by atoms with Crippen LogP contribution in [0.4, 0.5) is 17.6 Å². The molecule has 1 aromatic carbocycles. The summed E-state index contributed by atoms with van der Waals surface area (Å²) in [6, 6.07) is 3.22. The summed E-state index contributed by atoms with van der Waals surface area (Å²) in [5.74, 6) is -0.726. The lowest BCUT2D eigenvalue weighted by Gasteiger charge is -2.19. The Morgan fingerprint density at radius 1 is 1.22 bits per heavy atom. The third-order valence-electron chi connectivity index (χ3n) is 2.18. The molecule has 0 heterocycles. The molecule has 3 nitrogen and oxygen atoms in total. The van der Waals surface area contributed by atoms with Crippen LogP contribution in [0.15, 0.2) is 18.2 Å². The van der Waals surface area contributed by atoms with Crippen LogP contribution in [0, 0.1) is 5.82 Å². The number of halogens is 4. The van der Waals surface area contributed by atoms with E-state index >= 15 is 0 Å². The van der Waals surface area contributed by atoms with Crippen LogP contribution in [-0.2, 0) is 6.54 Å². The van der Waals surface area contributed by atoms with Gasteiger partial charge in [-0.05, 0) is 30.2 Å². The van der Waals surface area contributed by atoms with Crippen molar-refractivity contribution in [2.75, 3.05) is 13.6 Å². The SMILES string of the molecule is CN(Cc1cc(F)cc(B(O)O)c1)CC(F)(F)F. The summed E-state index contributed by atoms with van der Waals surface area (Å²) in [5.41, 5.74) is 0.148. The minimum Gasteiger partial charge on any atom is -0.423 e. The number of hydrogen-bond acceptors (Lipinski definition) is 3. The van der Waals surface area contributed by atoms with Crippen LogP contribution in [0.5, 0.6) is 0 Å². The fourth-order valence-electron chi connectivity index (χ4n) is 1.59. The van der Waals surface area contributed by atoms with Gasteiger partial charge in [0.05, 0.1) is 6.54 Å². The Balaban J connectivity index is 2.78. The highest BCUT2D eigenvalue weighted by Gasteiger charge is 2.29. The fourth-order valence-corrected chi connectivity index (χ4v) is 1.59. The molecule has 0 atom stereocenters. The van der Waals surface area contributed by atoms with Gasteiger partial charge in [0.25, 0.3) is 0 Å². The number of benzene rings is 1. The lowest BCUT2D eigenvalue weighted by molar-refractivity contribution is -0.144. The molecule has 8 heteroatoms. The molecule has 0 bridgehead atoms. The van der Waals surface area contributed by atoms with Crippen LogP contribution in [0.25, 0.3) is 0 Å². The smallest absolute Gasteiger partial charge is 0.423 e. The highest BCUT2D eigenvalue weighted by molar-refractivity contribution is 6.58. The van der Waals surface area contributed by atoms with E-state index in [4.69, 9.17) is 10.0 Å². The van der Waals surface area contributed by atoms with E-state index in [1.54, 1.807) is 0 Å². The molecule has 0 aromatic heterocycles. The van der Waals surface area contributed by atoms with Crippen molar-refractivity contribution in [3.05, 3.63) is 29.6 Å². The molecule has 0 amide bonds. The second kappa shape index (κ2) is 5.68. The number of nitrogens with zero attached hydrogens (tertiary/aromatic N) is 1. The van der Waals surface area contributed by atoms with Crippen LogP contribution in [0.3, 0.4) is 0 Å². The van der Waals surface area contributed by atoms with Crippen molar-refractivity contribution in [2.45, 2.75) is 12.7 Å². The summed E-state index contributed by atoms with van der Waals surface area (Å²) in [6.07, 6.45) is -4.33.